The topological polar surface area (TPSA) is 68.0 Å². The Hall–Kier alpha value is -3.53. The second-order valence-corrected chi connectivity index (χ2v) is 7.67. The Morgan fingerprint density at radius 1 is 1.16 bits per heavy atom. The molecule has 0 fully saturated rings. The highest BCUT2D eigenvalue weighted by Crippen LogP contribution is 2.30. The van der Waals surface area contributed by atoms with Gasteiger partial charge in [0, 0.05) is 19.3 Å². The Labute approximate surface area is 186 Å². The predicted molar refractivity (Wildman–Crippen MR) is 118 cm³/mol. The molecule has 0 saturated heterocycles. The molecule has 2 aromatic carbocycles. The van der Waals surface area contributed by atoms with Gasteiger partial charge in [-0.25, -0.2) is 14.5 Å². The molecule has 0 aliphatic rings. The lowest BCUT2D eigenvalue weighted by Crippen LogP contribution is -2.15. The minimum atomic E-state index is -3.07. The maximum absolute atomic E-state index is 14.3. The summed E-state index contributed by atoms with van der Waals surface area (Å²) in [5, 5.41) is 13.2. The third-order valence-electron chi connectivity index (χ3n) is 5.07. The van der Waals surface area contributed by atoms with Crippen LogP contribution in [0, 0.1) is 12.3 Å². The molecule has 166 valence electrons. The van der Waals surface area contributed by atoms with E-state index in [-0.39, 0.29) is 12.0 Å². The van der Waals surface area contributed by atoms with Gasteiger partial charge >= 0.3 is 11.9 Å². The number of aromatic carboxylic acids is 1. The van der Waals surface area contributed by atoms with Crippen molar-refractivity contribution in [1.29, 1.82) is 0 Å². The smallest absolute Gasteiger partial charge is 0.335 e. The van der Waals surface area contributed by atoms with Crippen LogP contribution in [0.15, 0.2) is 48.5 Å². The second-order valence-electron chi connectivity index (χ2n) is 7.67. The van der Waals surface area contributed by atoms with E-state index in [0.717, 1.165) is 16.7 Å². The maximum Gasteiger partial charge on any atom is 0.335 e. The van der Waals surface area contributed by atoms with Gasteiger partial charge in [0.25, 0.3) is 0 Å². The number of aromatic nitrogens is 3. The fourth-order valence-corrected chi connectivity index (χ4v) is 3.44. The van der Waals surface area contributed by atoms with E-state index < -0.39 is 17.7 Å². The molecule has 32 heavy (non-hydrogen) atoms. The lowest BCUT2D eigenvalue weighted by Gasteiger charge is -2.10. The van der Waals surface area contributed by atoms with Crippen molar-refractivity contribution in [2.24, 2.45) is 0 Å². The molecule has 0 saturated carbocycles. The van der Waals surface area contributed by atoms with Crippen molar-refractivity contribution in [2.75, 3.05) is 0 Å². The third kappa shape index (κ3) is 5.79. The molecule has 0 radical (unpaired) electrons. The number of terminal acetylenes is 1. The van der Waals surface area contributed by atoms with Crippen LogP contribution in [0.4, 0.5) is 8.78 Å². The summed E-state index contributed by atoms with van der Waals surface area (Å²) in [6.45, 7) is 2.01. The number of aryl methyl sites for hydroxylation is 1. The Morgan fingerprint density at radius 3 is 2.53 bits per heavy atom. The van der Waals surface area contributed by atoms with Crippen LogP contribution in [0.3, 0.4) is 0 Å². The number of hydrogen-bond donors (Lipinski definition) is 1. The van der Waals surface area contributed by atoms with Crippen LogP contribution in [-0.2, 0) is 25.3 Å². The molecular formula is C25H25F2N3O2. The first-order chi connectivity index (χ1) is 15.3. The fourth-order valence-electron chi connectivity index (χ4n) is 3.44. The molecule has 7 heteroatoms. The van der Waals surface area contributed by atoms with Crippen LogP contribution in [0.25, 0.3) is 0 Å². The monoisotopic (exact) mass is 437 g/mol. The number of carbonyl (C=O) groups is 1. The molecule has 0 atom stereocenters. The van der Waals surface area contributed by atoms with E-state index in [2.05, 4.69) is 16.0 Å². The van der Waals surface area contributed by atoms with Gasteiger partial charge in [-0.1, -0.05) is 43.3 Å². The quantitative estimate of drug-likeness (QED) is 0.450. The van der Waals surface area contributed by atoms with Crippen molar-refractivity contribution in [2.45, 2.75) is 51.5 Å². The molecule has 3 rings (SSSR count). The molecule has 0 unspecified atom stereocenters. The fraction of sp³-hybridized carbons (Fsp3) is 0.320. The van der Waals surface area contributed by atoms with Crippen LogP contribution >= 0.6 is 0 Å². The zero-order valence-corrected chi connectivity index (χ0v) is 17.9. The highest BCUT2D eigenvalue weighted by molar-refractivity contribution is 5.87. The first-order valence-corrected chi connectivity index (χ1v) is 10.5. The van der Waals surface area contributed by atoms with Gasteiger partial charge in [-0.05, 0) is 41.7 Å². The standard InChI is InChI=1S/C25H25F2N3O2/c1-3-5-9-22-28-24(25(26,27)14-4-2)29-30(22)17-19-12-10-18(11-13-19)15-20-7-6-8-21(16-20)23(31)32/h1,6-8,10-13,16H,4-5,9,14-15,17H2,2H3,(H,31,32). The number of hydrogen-bond acceptors (Lipinski definition) is 3. The summed E-state index contributed by atoms with van der Waals surface area (Å²) in [5.74, 6) is -1.52. The average Bonchev–Trinajstić information content (AvgIpc) is 3.17. The van der Waals surface area contributed by atoms with Crippen molar-refractivity contribution >= 4 is 5.97 Å². The Bertz CT molecular complexity index is 1110. The van der Waals surface area contributed by atoms with E-state index in [1.165, 1.54) is 4.68 Å². The molecule has 0 aliphatic heterocycles. The molecule has 5 nitrogen and oxygen atoms in total. The summed E-state index contributed by atoms with van der Waals surface area (Å²) in [4.78, 5) is 15.2. The van der Waals surface area contributed by atoms with Gasteiger partial charge in [-0.2, -0.15) is 8.78 Å². The number of alkyl halides is 2. The SMILES string of the molecule is C#CCCc1nc(C(F)(F)CCC)nn1Cc1ccc(Cc2cccc(C(=O)O)c2)cc1. The summed E-state index contributed by atoms with van der Waals surface area (Å²) >= 11 is 0. The van der Waals surface area contributed by atoms with Crippen molar-refractivity contribution in [3.8, 4) is 12.3 Å². The minimum Gasteiger partial charge on any atom is -0.478 e. The number of halogens is 2. The lowest BCUT2D eigenvalue weighted by molar-refractivity contribution is -0.0232. The van der Waals surface area contributed by atoms with E-state index >= 15 is 0 Å². The third-order valence-corrected chi connectivity index (χ3v) is 5.07. The van der Waals surface area contributed by atoms with Crippen molar-refractivity contribution in [1.82, 2.24) is 14.8 Å². The normalized spacial score (nSPS) is 11.3. The molecule has 1 N–H and O–H groups in total. The number of carboxylic acid groups (broad SMARTS) is 1. The van der Waals surface area contributed by atoms with Gasteiger partial charge in [0.1, 0.15) is 5.82 Å². The molecule has 0 aliphatic carbocycles. The van der Waals surface area contributed by atoms with Crippen molar-refractivity contribution < 1.29 is 18.7 Å². The summed E-state index contributed by atoms with van der Waals surface area (Å²) in [6.07, 6.45) is 6.73. The van der Waals surface area contributed by atoms with Crippen molar-refractivity contribution in [3.63, 3.8) is 0 Å². The van der Waals surface area contributed by atoms with Gasteiger partial charge in [-0.3, -0.25) is 0 Å². The Morgan fingerprint density at radius 2 is 1.88 bits per heavy atom. The first-order valence-electron chi connectivity index (χ1n) is 10.5. The number of benzene rings is 2. The molecule has 0 spiro atoms. The van der Waals surface area contributed by atoms with Crippen LogP contribution in [-0.4, -0.2) is 25.8 Å². The maximum atomic E-state index is 14.3. The van der Waals surface area contributed by atoms with Gasteiger partial charge < -0.3 is 5.11 Å². The Balaban J connectivity index is 1.77. The van der Waals surface area contributed by atoms with Crippen LogP contribution < -0.4 is 0 Å². The Kier molecular flexibility index (Phi) is 7.37. The lowest BCUT2D eigenvalue weighted by atomic mass is 10.0. The molecule has 0 bridgehead atoms. The van der Waals surface area contributed by atoms with Gasteiger partial charge in [0.05, 0.1) is 12.1 Å². The minimum absolute atomic E-state index is 0.250. The second kappa shape index (κ2) is 10.2. The summed E-state index contributed by atoms with van der Waals surface area (Å²) < 4.78 is 30.2. The van der Waals surface area contributed by atoms with E-state index in [1.54, 1.807) is 25.1 Å². The van der Waals surface area contributed by atoms with Gasteiger partial charge in [0.2, 0.25) is 5.82 Å². The largest absolute Gasteiger partial charge is 0.478 e. The number of carboxylic acids is 1. The number of nitrogens with zero attached hydrogens (tertiary/aromatic N) is 3. The highest BCUT2D eigenvalue weighted by atomic mass is 19.3. The first kappa shape index (κ1) is 23.1. The molecular weight excluding hydrogens is 412 g/mol. The molecule has 0 amide bonds. The molecule has 3 aromatic rings. The van der Waals surface area contributed by atoms with Gasteiger partial charge in [0.15, 0.2) is 0 Å². The zero-order valence-electron chi connectivity index (χ0n) is 17.9. The van der Waals surface area contributed by atoms with E-state index in [0.29, 0.717) is 38.1 Å². The van der Waals surface area contributed by atoms with E-state index in [1.807, 2.05) is 30.3 Å². The highest BCUT2D eigenvalue weighted by Gasteiger charge is 2.36. The molecule has 1 heterocycles. The average molecular weight is 437 g/mol. The van der Waals surface area contributed by atoms with Crippen molar-refractivity contribution in [3.05, 3.63) is 82.4 Å². The van der Waals surface area contributed by atoms with E-state index in [9.17, 15) is 13.6 Å². The summed E-state index contributed by atoms with van der Waals surface area (Å²) in [6, 6.07) is 14.5. The van der Waals surface area contributed by atoms with Gasteiger partial charge in [-0.15, -0.1) is 17.4 Å². The molecule has 1 aromatic heterocycles. The van der Waals surface area contributed by atoms with E-state index in [4.69, 9.17) is 11.5 Å². The summed E-state index contributed by atoms with van der Waals surface area (Å²) in [5.41, 5.74) is 3.05. The van der Waals surface area contributed by atoms with Crippen LogP contribution in [0.2, 0.25) is 0 Å². The van der Waals surface area contributed by atoms with Crippen LogP contribution in [0.5, 0.6) is 0 Å². The van der Waals surface area contributed by atoms with Crippen LogP contribution in [0.1, 0.15) is 64.9 Å². The zero-order chi connectivity index (χ0) is 23.1. The summed E-state index contributed by atoms with van der Waals surface area (Å²) in [7, 11) is 0. The predicted octanol–water partition coefficient (Wildman–Crippen LogP) is 5.07. The number of rotatable bonds is 10.